The van der Waals surface area contributed by atoms with Gasteiger partial charge in [-0.3, -0.25) is 4.79 Å². The van der Waals surface area contributed by atoms with Gasteiger partial charge >= 0.3 is 6.18 Å². The summed E-state index contributed by atoms with van der Waals surface area (Å²) in [5.41, 5.74) is -0.802. The molecule has 3 rings (SSSR count). The molecule has 1 aromatic rings. The molecule has 6 nitrogen and oxygen atoms in total. The van der Waals surface area contributed by atoms with Gasteiger partial charge in [0.1, 0.15) is 37.4 Å². The van der Waals surface area contributed by atoms with E-state index in [9.17, 15) is 18.0 Å². The Morgan fingerprint density at radius 3 is 2.74 bits per heavy atom. The molecule has 0 radical (unpaired) electrons. The Labute approximate surface area is 160 Å². The van der Waals surface area contributed by atoms with E-state index < -0.39 is 11.7 Å². The summed E-state index contributed by atoms with van der Waals surface area (Å²) in [5.74, 6) is 0.472. The van der Waals surface area contributed by atoms with Gasteiger partial charge in [-0.2, -0.15) is 13.2 Å². The molecule has 0 spiro atoms. The molecule has 1 amide bonds. The molecule has 2 fully saturated rings. The van der Waals surface area contributed by atoms with Gasteiger partial charge in [-0.25, -0.2) is 9.88 Å². The van der Waals surface area contributed by atoms with E-state index in [1.807, 2.05) is 4.90 Å². The fourth-order valence-electron chi connectivity index (χ4n) is 3.41. The molecular formula is C17H24ClF3N4O2+2. The summed E-state index contributed by atoms with van der Waals surface area (Å²) in [6, 6.07) is 0.936. The fourth-order valence-corrected chi connectivity index (χ4v) is 3.71. The molecule has 27 heavy (non-hydrogen) atoms. The number of anilines is 1. The second-order valence-electron chi connectivity index (χ2n) is 6.94. The number of halogens is 4. The van der Waals surface area contributed by atoms with Crippen LogP contribution in [0.4, 0.5) is 19.0 Å². The van der Waals surface area contributed by atoms with Crippen LogP contribution in [0.25, 0.3) is 0 Å². The maximum Gasteiger partial charge on any atom is 0.419 e. The summed E-state index contributed by atoms with van der Waals surface area (Å²) in [7, 11) is 0. The Morgan fingerprint density at radius 2 is 2.15 bits per heavy atom. The maximum absolute atomic E-state index is 12.7. The minimum Gasteiger partial charge on any atom is -0.376 e. The standard InChI is InChI=1S/C17H22ClF3N4O2/c18-14-8-12(17(19,20)21)9-23-16(14)25-5-3-24(4-6-25)11-15(26)22-10-13-2-1-7-27-13/h8-9,13H,1-7,10-11H2,(H,22,26)/p+2/t13-/m1/s1. The number of nitrogens with zero attached hydrogens (tertiary/aromatic N) is 1. The van der Waals surface area contributed by atoms with Gasteiger partial charge in [0.05, 0.1) is 11.7 Å². The third kappa shape index (κ3) is 5.46. The first-order valence-electron chi connectivity index (χ1n) is 9.08. The third-order valence-corrected chi connectivity index (χ3v) is 5.24. The molecule has 0 unspecified atom stereocenters. The molecule has 1 aromatic heterocycles. The van der Waals surface area contributed by atoms with Crippen LogP contribution in [0, 0.1) is 0 Å². The lowest BCUT2D eigenvalue weighted by atomic mass is 10.2. The molecule has 2 aliphatic rings. The molecule has 0 aliphatic carbocycles. The zero-order chi connectivity index (χ0) is 19.4. The van der Waals surface area contributed by atoms with Gasteiger partial charge in [0.25, 0.3) is 11.7 Å². The average molecular weight is 409 g/mol. The quantitative estimate of drug-likeness (QED) is 0.730. The van der Waals surface area contributed by atoms with Crippen molar-refractivity contribution in [2.45, 2.75) is 25.1 Å². The number of quaternary nitrogens is 1. The number of pyridine rings is 1. The highest BCUT2D eigenvalue weighted by Crippen LogP contribution is 2.31. The number of aromatic amines is 1. The van der Waals surface area contributed by atoms with Crippen LogP contribution in [0.1, 0.15) is 18.4 Å². The van der Waals surface area contributed by atoms with E-state index in [1.54, 1.807) is 0 Å². The van der Waals surface area contributed by atoms with Crippen LogP contribution in [-0.2, 0) is 15.7 Å². The lowest BCUT2D eigenvalue weighted by molar-refractivity contribution is -0.892. The number of aromatic nitrogens is 1. The monoisotopic (exact) mass is 408 g/mol. The molecule has 0 bridgehead atoms. The summed E-state index contributed by atoms with van der Waals surface area (Å²) in [4.78, 5) is 17.8. The van der Waals surface area contributed by atoms with Gasteiger partial charge in [0, 0.05) is 13.2 Å². The molecular weight excluding hydrogens is 385 g/mol. The van der Waals surface area contributed by atoms with Gasteiger partial charge in [-0.05, 0) is 18.9 Å². The van der Waals surface area contributed by atoms with Crippen LogP contribution in [0.3, 0.4) is 0 Å². The minimum atomic E-state index is -4.43. The van der Waals surface area contributed by atoms with Gasteiger partial charge in [0.15, 0.2) is 6.54 Å². The van der Waals surface area contributed by atoms with Crippen LogP contribution in [0.2, 0.25) is 5.02 Å². The number of alkyl halides is 3. The summed E-state index contributed by atoms with van der Waals surface area (Å²) >= 11 is 6.04. The summed E-state index contributed by atoms with van der Waals surface area (Å²) in [5, 5.41) is 2.96. The van der Waals surface area contributed by atoms with Crippen LogP contribution in [-0.4, -0.2) is 57.9 Å². The van der Waals surface area contributed by atoms with Crippen molar-refractivity contribution in [1.29, 1.82) is 0 Å². The Bertz CT molecular complexity index is 660. The van der Waals surface area contributed by atoms with Crippen molar-refractivity contribution in [2.75, 3.05) is 50.8 Å². The highest BCUT2D eigenvalue weighted by Gasteiger charge is 2.35. The normalized spacial score (nSPS) is 21.5. The van der Waals surface area contributed by atoms with E-state index >= 15 is 0 Å². The van der Waals surface area contributed by atoms with Gasteiger partial charge < -0.3 is 15.0 Å². The topological polar surface area (TPSA) is 60.2 Å². The number of hydrogen-bond donors (Lipinski definition) is 2. The van der Waals surface area contributed by atoms with Crippen LogP contribution in [0.5, 0.6) is 0 Å². The number of H-pyrrole nitrogens is 1. The zero-order valence-corrected chi connectivity index (χ0v) is 15.6. The first kappa shape index (κ1) is 20.2. The number of carbonyl (C=O) groups excluding carboxylic acids is 1. The lowest BCUT2D eigenvalue weighted by Crippen LogP contribution is -3.16. The van der Waals surface area contributed by atoms with Crippen molar-refractivity contribution >= 4 is 23.3 Å². The van der Waals surface area contributed by atoms with Gasteiger partial charge in [0.2, 0.25) is 0 Å². The average Bonchev–Trinajstić information content (AvgIpc) is 3.13. The second kappa shape index (κ2) is 8.62. The molecule has 3 heterocycles. The van der Waals surface area contributed by atoms with E-state index in [2.05, 4.69) is 10.3 Å². The zero-order valence-electron chi connectivity index (χ0n) is 14.9. The smallest absolute Gasteiger partial charge is 0.376 e. The maximum atomic E-state index is 12.7. The van der Waals surface area contributed by atoms with E-state index in [-0.39, 0.29) is 17.0 Å². The number of ether oxygens (including phenoxy) is 1. The second-order valence-corrected chi connectivity index (χ2v) is 7.34. The van der Waals surface area contributed by atoms with Crippen molar-refractivity contribution in [3.8, 4) is 0 Å². The van der Waals surface area contributed by atoms with Crippen LogP contribution >= 0.6 is 11.6 Å². The molecule has 2 aliphatic heterocycles. The number of rotatable bonds is 5. The lowest BCUT2D eigenvalue weighted by Gasteiger charge is -2.28. The SMILES string of the molecule is O=C(C[NH+]1CCN(c2[nH+]cc(C(F)(F)F)cc2Cl)CC1)NC[C@H]1CCCO1. The fraction of sp³-hybridized carbons (Fsp3) is 0.647. The van der Waals surface area contributed by atoms with Crippen molar-refractivity contribution in [3.63, 3.8) is 0 Å². The van der Waals surface area contributed by atoms with Crippen molar-refractivity contribution < 1.29 is 32.6 Å². The number of hydrogen-bond acceptors (Lipinski definition) is 3. The predicted molar refractivity (Wildman–Crippen MR) is 92.8 cm³/mol. The van der Waals surface area contributed by atoms with E-state index in [0.29, 0.717) is 45.1 Å². The summed E-state index contributed by atoms with van der Waals surface area (Å²) in [6.07, 6.45) is -1.36. The van der Waals surface area contributed by atoms with Crippen molar-refractivity contribution in [2.24, 2.45) is 0 Å². The molecule has 0 aromatic carbocycles. The Hall–Kier alpha value is -1.58. The number of amides is 1. The molecule has 0 saturated carbocycles. The van der Waals surface area contributed by atoms with Crippen LogP contribution < -0.4 is 20.1 Å². The van der Waals surface area contributed by atoms with Gasteiger partial charge in [-0.15, -0.1) is 0 Å². The highest BCUT2D eigenvalue weighted by atomic mass is 35.5. The summed E-state index contributed by atoms with van der Waals surface area (Å²) < 4.78 is 43.7. The number of nitrogens with one attached hydrogen (secondary N) is 3. The van der Waals surface area contributed by atoms with E-state index in [1.165, 1.54) is 0 Å². The van der Waals surface area contributed by atoms with Crippen molar-refractivity contribution in [1.82, 2.24) is 5.32 Å². The van der Waals surface area contributed by atoms with E-state index in [0.717, 1.165) is 36.6 Å². The molecule has 2 saturated heterocycles. The Morgan fingerprint density at radius 1 is 1.41 bits per heavy atom. The van der Waals surface area contributed by atoms with Gasteiger partial charge in [-0.1, -0.05) is 11.6 Å². The Kier molecular flexibility index (Phi) is 6.44. The summed E-state index contributed by atoms with van der Waals surface area (Å²) in [6.45, 7) is 4.32. The number of carbonyl (C=O) groups is 1. The van der Waals surface area contributed by atoms with Crippen LogP contribution in [0.15, 0.2) is 12.3 Å². The van der Waals surface area contributed by atoms with Crippen molar-refractivity contribution in [3.05, 3.63) is 22.8 Å². The minimum absolute atomic E-state index is 0.00641. The Balaban J connectivity index is 1.46. The first-order chi connectivity index (χ1) is 12.8. The molecule has 1 atom stereocenters. The molecule has 150 valence electrons. The molecule has 10 heteroatoms. The highest BCUT2D eigenvalue weighted by molar-refractivity contribution is 6.32. The first-order valence-corrected chi connectivity index (χ1v) is 9.46. The number of piperazine rings is 1. The molecule has 3 N–H and O–H groups in total. The largest absolute Gasteiger partial charge is 0.419 e. The third-order valence-electron chi connectivity index (χ3n) is 4.95. The predicted octanol–water partition coefficient (Wildman–Crippen LogP) is 0.173. The van der Waals surface area contributed by atoms with E-state index in [4.69, 9.17) is 16.3 Å².